The summed E-state index contributed by atoms with van der Waals surface area (Å²) in [5.41, 5.74) is 13.1. The highest BCUT2D eigenvalue weighted by atomic mass is 32.1. The zero-order chi connectivity index (χ0) is 13.7. The number of nitrogen functional groups attached to an aromatic ring is 1. The molecule has 2 heterocycles. The average molecular weight is 294 g/mol. The molecular weight excluding hydrogens is 280 g/mol. The molecule has 0 saturated carbocycles. The fourth-order valence-corrected chi connectivity index (χ4v) is 3.17. The van der Waals surface area contributed by atoms with Gasteiger partial charge in [-0.3, -0.25) is 4.90 Å². The Morgan fingerprint density at radius 2 is 2.21 bits per heavy atom. The van der Waals surface area contributed by atoms with Crippen LogP contribution in [0.4, 0.5) is 11.4 Å². The van der Waals surface area contributed by atoms with Crippen molar-refractivity contribution < 1.29 is 4.74 Å². The summed E-state index contributed by atoms with van der Waals surface area (Å²) in [5.74, 6) is 0.782. The minimum absolute atomic E-state index is 0.00780. The second-order valence-corrected chi connectivity index (χ2v) is 5.50. The van der Waals surface area contributed by atoms with Crippen LogP contribution in [0.3, 0.4) is 0 Å². The maximum Gasteiger partial charge on any atom is 0.183 e. The second kappa shape index (κ2) is 4.21. The molecule has 100 valence electrons. The number of rotatable bonds is 0. The molecule has 0 spiro atoms. The topological polar surface area (TPSA) is 67.8 Å². The van der Waals surface area contributed by atoms with Crippen LogP contribution in [-0.4, -0.2) is 33.8 Å². The van der Waals surface area contributed by atoms with Gasteiger partial charge in [0.1, 0.15) is 11.9 Å². The number of nitrogens with two attached hydrogens (primary N) is 2. The van der Waals surface area contributed by atoms with E-state index in [0.29, 0.717) is 17.3 Å². The van der Waals surface area contributed by atoms with Gasteiger partial charge in [0.25, 0.3) is 0 Å². The highest BCUT2D eigenvalue weighted by molar-refractivity contribution is 7.82. The molecule has 2 unspecified atom stereocenters. The molecule has 0 amide bonds. The monoisotopic (exact) mass is 294 g/mol. The summed E-state index contributed by atoms with van der Waals surface area (Å²) in [5, 5.41) is 0.900. The Morgan fingerprint density at radius 3 is 2.89 bits per heavy atom. The van der Waals surface area contributed by atoms with E-state index in [-0.39, 0.29) is 17.3 Å². The van der Waals surface area contributed by atoms with Crippen LogP contribution >= 0.6 is 24.4 Å². The van der Waals surface area contributed by atoms with E-state index in [1.807, 2.05) is 30.0 Å². The standard InChI is InChI=1S/C12H14N4OS2/c1-6-9-5-15(11(14)18)12(19)16(9)8-4-7(13)2-3-10(8)17-6/h2-4,6,9H,5,13H2,1H3,(H2,14,18). The van der Waals surface area contributed by atoms with Crippen molar-refractivity contribution in [2.24, 2.45) is 5.73 Å². The fourth-order valence-electron chi connectivity index (χ4n) is 2.54. The molecule has 1 aromatic rings. The number of fused-ring (bicyclic) bond motifs is 3. The van der Waals surface area contributed by atoms with Crippen molar-refractivity contribution in [2.45, 2.75) is 19.1 Å². The molecule has 5 nitrogen and oxygen atoms in total. The number of anilines is 2. The maximum absolute atomic E-state index is 5.91. The lowest BCUT2D eigenvalue weighted by Crippen LogP contribution is -2.47. The van der Waals surface area contributed by atoms with Gasteiger partial charge in [-0.05, 0) is 49.6 Å². The highest BCUT2D eigenvalue weighted by Crippen LogP contribution is 2.40. The normalized spacial score (nSPS) is 24.8. The maximum atomic E-state index is 5.91. The number of thiocarbonyl (C=S) groups is 2. The molecule has 0 aromatic heterocycles. The summed E-state index contributed by atoms with van der Waals surface area (Å²) in [6.45, 7) is 2.66. The number of ether oxygens (including phenoxy) is 1. The van der Waals surface area contributed by atoms with E-state index < -0.39 is 0 Å². The van der Waals surface area contributed by atoms with Gasteiger partial charge in [0.05, 0.1) is 18.3 Å². The fraction of sp³-hybridized carbons (Fsp3) is 0.333. The molecule has 0 bridgehead atoms. The van der Waals surface area contributed by atoms with Gasteiger partial charge in [-0.25, -0.2) is 0 Å². The van der Waals surface area contributed by atoms with Gasteiger partial charge in [0.2, 0.25) is 0 Å². The molecule has 1 saturated heterocycles. The van der Waals surface area contributed by atoms with Gasteiger partial charge >= 0.3 is 0 Å². The van der Waals surface area contributed by atoms with Crippen LogP contribution in [0.25, 0.3) is 0 Å². The van der Waals surface area contributed by atoms with Crippen LogP contribution in [0.5, 0.6) is 5.75 Å². The average Bonchev–Trinajstić information content (AvgIpc) is 2.69. The van der Waals surface area contributed by atoms with Crippen LogP contribution in [0, 0.1) is 0 Å². The SMILES string of the molecule is CC1Oc2ccc(N)cc2N2C(=S)N(C(N)=S)CC12. The van der Waals surface area contributed by atoms with E-state index in [0.717, 1.165) is 11.4 Å². The van der Waals surface area contributed by atoms with Crippen molar-refractivity contribution in [3.05, 3.63) is 18.2 Å². The lowest BCUT2D eigenvalue weighted by Gasteiger charge is -2.36. The smallest absolute Gasteiger partial charge is 0.183 e. The molecule has 2 atom stereocenters. The Labute approximate surface area is 122 Å². The first kappa shape index (κ1) is 12.4. The molecule has 1 fully saturated rings. The summed E-state index contributed by atoms with van der Waals surface area (Å²) in [6, 6.07) is 5.65. The number of hydrogen-bond donors (Lipinski definition) is 2. The van der Waals surface area contributed by atoms with Crippen molar-refractivity contribution in [3.63, 3.8) is 0 Å². The van der Waals surface area contributed by atoms with Crippen LogP contribution in [0.2, 0.25) is 0 Å². The Bertz CT molecular complexity index is 577. The van der Waals surface area contributed by atoms with Crippen LogP contribution in [0.1, 0.15) is 6.92 Å². The van der Waals surface area contributed by atoms with Gasteiger partial charge in [0.15, 0.2) is 10.2 Å². The number of hydrogen-bond acceptors (Lipinski definition) is 4. The van der Waals surface area contributed by atoms with Gasteiger partial charge in [0, 0.05) is 5.69 Å². The summed E-state index contributed by atoms with van der Waals surface area (Å²) in [7, 11) is 0. The summed E-state index contributed by atoms with van der Waals surface area (Å²) in [6.07, 6.45) is 0.00780. The van der Waals surface area contributed by atoms with Crippen molar-refractivity contribution in [1.29, 1.82) is 0 Å². The van der Waals surface area contributed by atoms with E-state index in [1.165, 1.54) is 0 Å². The van der Waals surface area contributed by atoms with E-state index in [2.05, 4.69) is 0 Å². The Morgan fingerprint density at radius 1 is 1.47 bits per heavy atom. The third-order valence-corrected chi connectivity index (χ3v) is 4.14. The predicted octanol–water partition coefficient (Wildman–Crippen LogP) is 1.07. The lowest BCUT2D eigenvalue weighted by atomic mass is 10.1. The highest BCUT2D eigenvalue weighted by Gasteiger charge is 2.44. The summed E-state index contributed by atoms with van der Waals surface area (Å²) >= 11 is 10.5. The van der Waals surface area contributed by atoms with Crippen molar-refractivity contribution in [1.82, 2.24) is 4.90 Å². The van der Waals surface area contributed by atoms with Gasteiger partial charge in [-0.15, -0.1) is 0 Å². The van der Waals surface area contributed by atoms with Crippen LogP contribution in [0.15, 0.2) is 18.2 Å². The molecule has 4 N–H and O–H groups in total. The first-order chi connectivity index (χ1) is 8.99. The molecule has 3 rings (SSSR count). The van der Waals surface area contributed by atoms with Gasteiger partial charge in [-0.1, -0.05) is 0 Å². The Kier molecular flexibility index (Phi) is 2.75. The summed E-state index contributed by atoms with van der Waals surface area (Å²) in [4.78, 5) is 3.79. The summed E-state index contributed by atoms with van der Waals surface area (Å²) < 4.78 is 5.91. The minimum atomic E-state index is 0.00780. The predicted molar refractivity (Wildman–Crippen MR) is 83.3 cm³/mol. The quantitative estimate of drug-likeness (QED) is 0.548. The minimum Gasteiger partial charge on any atom is -0.486 e. The Hall–Kier alpha value is -1.60. The van der Waals surface area contributed by atoms with E-state index in [4.69, 9.17) is 40.6 Å². The van der Waals surface area contributed by atoms with Gasteiger partial charge in [-0.2, -0.15) is 0 Å². The van der Waals surface area contributed by atoms with Crippen molar-refractivity contribution >= 4 is 46.0 Å². The van der Waals surface area contributed by atoms with Crippen molar-refractivity contribution in [3.8, 4) is 5.75 Å². The molecule has 19 heavy (non-hydrogen) atoms. The van der Waals surface area contributed by atoms with Crippen LogP contribution < -0.4 is 21.1 Å². The zero-order valence-electron chi connectivity index (χ0n) is 10.4. The zero-order valence-corrected chi connectivity index (χ0v) is 12.0. The van der Waals surface area contributed by atoms with E-state index in [9.17, 15) is 0 Å². The third-order valence-electron chi connectivity index (χ3n) is 3.50. The molecule has 1 aromatic carbocycles. The molecule has 0 aliphatic carbocycles. The first-order valence-electron chi connectivity index (χ1n) is 5.95. The second-order valence-electron chi connectivity index (χ2n) is 4.72. The van der Waals surface area contributed by atoms with E-state index in [1.54, 1.807) is 4.90 Å². The molecule has 2 aliphatic rings. The molecule has 0 radical (unpaired) electrons. The molecule has 2 aliphatic heterocycles. The third kappa shape index (κ3) is 1.81. The van der Waals surface area contributed by atoms with Crippen molar-refractivity contribution in [2.75, 3.05) is 17.2 Å². The van der Waals surface area contributed by atoms with Gasteiger partial charge < -0.3 is 21.1 Å². The molecular formula is C12H14N4OS2. The van der Waals surface area contributed by atoms with E-state index >= 15 is 0 Å². The number of benzene rings is 1. The lowest BCUT2D eigenvalue weighted by molar-refractivity contribution is 0.180. The Balaban J connectivity index is 2.09. The number of nitrogens with zero attached hydrogens (tertiary/aromatic N) is 2. The van der Waals surface area contributed by atoms with Crippen LogP contribution in [-0.2, 0) is 0 Å². The largest absolute Gasteiger partial charge is 0.486 e. The first-order valence-corrected chi connectivity index (χ1v) is 6.77. The molecule has 7 heteroatoms.